The Morgan fingerprint density at radius 3 is 2.31 bits per heavy atom. The van der Waals surface area contributed by atoms with E-state index in [1.807, 2.05) is 0 Å². The molecular formula is C18H19N3O4S. The number of hydrogen-bond acceptors (Lipinski definition) is 5. The predicted molar refractivity (Wildman–Crippen MR) is 98.7 cm³/mol. The smallest absolute Gasteiger partial charge is 0.255 e. The van der Waals surface area contributed by atoms with E-state index in [2.05, 4.69) is 15.6 Å². The first-order chi connectivity index (χ1) is 12.3. The molecule has 0 atom stereocenters. The van der Waals surface area contributed by atoms with Gasteiger partial charge in [0.05, 0.1) is 0 Å². The van der Waals surface area contributed by atoms with Crippen LogP contribution in [-0.4, -0.2) is 36.2 Å². The highest BCUT2D eigenvalue weighted by molar-refractivity contribution is 7.93. The summed E-state index contributed by atoms with van der Waals surface area (Å²) in [6.45, 7) is 0. The monoisotopic (exact) mass is 373 g/mol. The van der Waals surface area contributed by atoms with Gasteiger partial charge in [-0.25, -0.2) is 8.42 Å². The van der Waals surface area contributed by atoms with Crippen LogP contribution in [0.4, 0.5) is 11.4 Å². The zero-order chi connectivity index (χ0) is 18.8. The van der Waals surface area contributed by atoms with E-state index in [4.69, 9.17) is 0 Å². The summed E-state index contributed by atoms with van der Waals surface area (Å²) in [5.41, 5.74) is 1.33. The van der Waals surface area contributed by atoms with Gasteiger partial charge in [0, 0.05) is 35.6 Å². The van der Waals surface area contributed by atoms with Gasteiger partial charge in [-0.2, -0.15) is 0 Å². The van der Waals surface area contributed by atoms with Crippen molar-refractivity contribution in [2.75, 3.05) is 16.9 Å². The lowest BCUT2D eigenvalue weighted by Crippen LogP contribution is -2.54. The number of carbonyl (C=O) groups is 2. The third kappa shape index (κ3) is 3.45. The number of sulfone groups is 1. The fraction of sp³-hybridized carbons (Fsp3) is 0.278. The molecular weight excluding hydrogens is 354 g/mol. The molecule has 1 aliphatic carbocycles. The molecule has 1 heterocycles. The minimum Gasteiger partial charge on any atom is -0.325 e. The van der Waals surface area contributed by atoms with Crippen LogP contribution in [0.25, 0.3) is 0 Å². The van der Waals surface area contributed by atoms with Crippen LogP contribution in [0.15, 0.2) is 48.8 Å². The third-order valence-electron chi connectivity index (χ3n) is 4.61. The molecule has 1 fully saturated rings. The normalized spacial score (nSPS) is 15.6. The second-order valence-electron chi connectivity index (χ2n) is 6.34. The summed E-state index contributed by atoms with van der Waals surface area (Å²) in [5, 5.41) is 5.37. The van der Waals surface area contributed by atoms with E-state index in [1.54, 1.807) is 42.7 Å². The number of aromatic nitrogens is 1. The SMILES string of the molecule is CS(=O)(=O)C1(C(=O)Nc2cccc(C(=O)Nc3ccncc3)c2)CCC1. The molecule has 3 rings (SSSR count). The van der Waals surface area contributed by atoms with E-state index in [-0.39, 0.29) is 5.91 Å². The molecule has 7 nitrogen and oxygen atoms in total. The van der Waals surface area contributed by atoms with Crippen LogP contribution in [0.2, 0.25) is 0 Å². The van der Waals surface area contributed by atoms with E-state index >= 15 is 0 Å². The van der Waals surface area contributed by atoms with Gasteiger partial charge in [-0.1, -0.05) is 6.07 Å². The molecule has 0 aliphatic heterocycles. The molecule has 0 spiro atoms. The largest absolute Gasteiger partial charge is 0.325 e. The van der Waals surface area contributed by atoms with Crippen molar-refractivity contribution in [3.8, 4) is 0 Å². The quantitative estimate of drug-likeness (QED) is 0.836. The van der Waals surface area contributed by atoms with E-state index in [9.17, 15) is 18.0 Å². The van der Waals surface area contributed by atoms with Crippen molar-refractivity contribution in [3.63, 3.8) is 0 Å². The second-order valence-corrected chi connectivity index (χ2v) is 8.67. The summed E-state index contributed by atoms with van der Waals surface area (Å²) in [4.78, 5) is 28.8. The van der Waals surface area contributed by atoms with Gasteiger partial charge in [0.25, 0.3) is 5.91 Å². The molecule has 1 saturated carbocycles. The van der Waals surface area contributed by atoms with Gasteiger partial charge in [0.1, 0.15) is 0 Å². The van der Waals surface area contributed by atoms with Gasteiger partial charge in [-0.05, 0) is 49.6 Å². The fourth-order valence-corrected chi connectivity index (χ4v) is 4.30. The molecule has 2 aromatic rings. The number of nitrogens with zero attached hydrogens (tertiary/aromatic N) is 1. The molecule has 2 amide bonds. The molecule has 2 N–H and O–H groups in total. The number of benzene rings is 1. The molecule has 8 heteroatoms. The summed E-state index contributed by atoms with van der Waals surface area (Å²) < 4.78 is 22.7. The van der Waals surface area contributed by atoms with Gasteiger partial charge in [-0.3, -0.25) is 14.6 Å². The highest BCUT2D eigenvalue weighted by Gasteiger charge is 2.52. The first-order valence-electron chi connectivity index (χ1n) is 8.14. The first-order valence-corrected chi connectivity index (χ1v) is 10.0. The summed E-state index contributed by atoms with van der Waals surface area (Å²) in [6, 6.07) is 9.71. The predicted octanol–water partition coefficient (Wildman–Crippen LogP) is 2.24. The average Bonchev–Trinajstić information content (AvgIpc) is 2.53. The van der Waals surface area contributed by atoms with Crippen LogP contribution in [0.3, 0.4) is 0 Å². The maximum Gasteiger partial charge on any atom is 0.255 e. The van der Waals surface area contributed by atoms with Crippen molar-refractivity contribution in [2.45, 2.75) is 24.0 Å². The summed E-state index contributed by atoms with van der Waals surface area (Å²) in [5.74, 6) is -0.883. The molecule has 0 saturated heterocycles. The minimum absolute atomic E-state index is 0.319. The van der Waals surface area contributed by atoms with E-state index in [0.29, 0.717) is 36.2 Å². The van der Waals surface area contributed by atoms with Crippen LogP contribution in [0.1, 0.15) is 29.6 Å². The van der Waals surface area contributed by atoms with Crippen molar-refractivity contribution in [2.24, 2.45) is 0 Å². The average molecular weight is 373 g/mol. The lowest BCUT2D eigenvalue weighted by molar-refractivity contribution is -0.120. The Hall–Kier alpha value is -2.74. The van der Waals surface area contributed by atoms with Gasteiger partial charge in [0.15, 0.2) is 14.6 Å². The lowest BCUT2D eigenvalue weighted by Gasteiger charge is -2.38. The lowest BCUT2D eigenvalue weighted by atomic mass is 9.83. The van der Waals surface area contributed by atoms with Crippen LogP contribution in [0.5, 0.6) is 0 Å². The number of pyridine rings is 1. The molecule has 136 valence electrons. The van der Waals surface area contributed by atoms with Crippen molar-refractivity contribution in [1.82, 2.24) is 4.98 Å². The van der Waals surface area contributed by atoms with Crippen LogP contribution in [0, 0.1) is 0 Å². The number of hydrogen-bond donors (Lipinski definition) is 2. The van der Waals surface area contributed by atoms with E-state index < -0.39 is 20.5 Å². The summed E-state index contributed by atoms with van der Waals surface area (Å²) >= 11 is 0. The Bertz CT molecular complexity index is 938. The minimum atomic E-state index is -3.51. The topological polar surface area (TPSA) is 105 Å². The Kier molecular flexibility index (Phi) is 4.78. The highest BCUT2D eigenvalue weighted by Crippen LogP contribution is 2.40. The standard InChI is InChI=1S/C18H19N3O4S/c1-26(24,25)18(8-3-9-18)17(23)21-15-5-2-4-13(12-15)16(22)20-14-6-10-19-11-7-14/h2,4-7,10-12H,3,8-9H2,1H3,(H,21,23)(H,19,20,22). The third-order valence-corrected chi connectivity index (χ3v) is 6.62. The Labute approximate surface area is 151 Å². The number of anilines is 2. The van der Waals surface area contributed by atoms with Gasteiger partial charge in [-0.15, -0.1) is 0 Å². The molecule has 26 heavy (non-hydrogen) atoms. The number of rotatable bonds is 5. The van der Waals surface area contributed by atoms with E-state index in [0.717, 1.165) is 6.26 Å². The molecule has 1 aliphatic rings. The Balaban J connectivity index is 1.75. The number of amides is 2. The Morgan fingerprint density at radius 2 is 1.73 bits per heavy atom. The van der Waals surface area contributed by atoms with Crippen molar-refractivity contribution >= 4 is 33.0 Å². The van der Waals surface area contributed by atoms with Gasteiger partial charge in [0.2, 0.25) is 5.91 Å². The molecule has 0 radical (unpaired) electrons. The van der Waals surface area contributed by atoms with Crippen molar-refractivity contribution < 1.29 is 18.0 Å². The molecule has 0 bridgehead atoms. The Morgan fingerprint density at radius 1 is 1.04 bits per heavy atom. The fourth-order valence-electron chi connectivity index (χ4n) is 2.89. The van der Waals surface area contributed by atoms with Gasteiger partial charge >= 0.3 is 0 Å². The maximum atomic E-state index is 12.5. The zero-order valence-electron chi connectivity index (χ0n) is 14.2. The summed E-state index contributed by atoms with van der Waals surface area (Å²) in [7, 11) is -3.51. The van der Waals surface area contributed by atoms with E-state index in [1.165, 1.54) is 6.07 Å². The molecule has 1 aromatic heterocycles. The van der Waals surface area contributed by atoms with Crippen LogP contribution < -0.4 is 10.6 Å². The number of nitrogens with one attached hydrogen (secondary N) is 2. The first kappa shape index (κ1) is 18.1. The molecule has 1 aromatic carbocycles. The zero-order valence-corrected chi connectivity index (χ0v) is 15.0. The second kappa shape index (κ2) is 6.87. The maximum absolute atomic E-state index is 12.5. The molecule has 0 unspecified atom stereocenters. The van der Waals surface area contributed by atoms with Crippen LogP contribution >= 0.6 is 0 Å². The number of carbonyl (C=O) groups excluding carboxylic acids is 2. The summed E-state index contributed by atoms with van der Waals surface area (Å²) in [6.07, 6.45) is 5.56. The van der Waals surface area contributed by atoms with Crippen molar-refractivity contribution in [3.05, 3.63) is 54.4 Å². The van der Waals surface area contributed by atoms with Crippen LogP contribution in [-0.2, 0) is 14.6 Å². The highest BCUT2D eigenvalue weighted by atomic mass is 32.2. The van der Waals surface area contributed by atoms with Gasteiger partial charge < -0.3 is 10.6 Å². The van der Waals surface area contributed by atoms with Crippen molar-refractivity contribution in [1.29, 1.82) is 0 Å².